The quantitative estimate of drug-likeness (QED) is 0.701. The van der Waals surface area contributed by atoms with Crippen molar-refractivity contribution in [2.75, 3.05) is 0 Å². The molecule has 2 aromatic carbocycles. The van der Waals surface area contributed by atoms with Crippen molar-refractivity contribution in [1.82, 2.24) is 15.1 Å². The lowest BCUT2D eigenvalue weighted by molar-refractivity contribution is -0.120. The highest BCUT2D eigenvalue weighted by Crippen LogP contribution is 2.13. The fraction of sp³-hybridized carbons (Fsp3) is 0.158. The van der Waals surface area contributed by atoms with E-state index in [1.54, 1.807) is 6.20 Å². The zero-order valence-electron chi connectivity index (χ0n) is 13.3. The molecule has 5 heteroatoms. The Morgan fingerprint density at radius 1 is 1.04 bits per heavy atom. The van der Waals surface area contributed by atoms with Crippen molar-refractivity contribution >= 4 is 5.91 Å². The standard InChI is InChI=1S/C19H20N4O/c20-19(24)18(17-9-5-2-6-10-17)21-11-16-12-22-23(14-16)13-15-7-3-1-4-8-15/h1-10,12,14,18,21H,11,13H2,(H2,20,24)/t18-/m0/s1. The van der Waals surface area contributed by atoms with E-state index in [1.807, 2.05) is 59.4 Å². The van der Waals surface area contributed by atoms with Crippen molar-refractivity contribution in [2.45, 2.75) is 19.1 Å². The van der Waals surface area contributed by atoms with Crippen LogP contribution >= 0.6 is 0 Å². The summed E-state index contributed by atoms with van der Waals surface area (Å²) in [5, 5.41) is 7.57. The van der Waals surface area contributed by atoms with E-state index in [0.29, 0.717) is 6.54 Å². The Labute approximate surface area is 141 Å². The van der Waals surface area contributed by atoms with E-state index in [2.05, 4.69) is 22.5 Å². The summed E-state index contributed by atoms with van der Waals surface area (Å²) in [6.07, 6.45) is 3.78. The molecule has 0 unspecified atom stereocenters. The number of nitrogens with two attached hydrogens (primary N) is 1. The highest BCUT2D eigenvalue weighted by molar-refractivity contribution is 5.81. The second-order valence-electron chi connectivity index (χ2n) is 5.66. The van der Waals surface area contributed by atoms with Crippen LogP contribution in [0.2, 0.25) is 0 Å². The van der Waals surface area contributed by atoms with Gasteiger partial charge >= 0.3 is 0 Å². The fourth-order valence-electron chi connectivity index (χ4n) is 2.60. The molecule has 3 N–H and O–H groups in total. The number of amides is 1. The number of hydrogen-bond donors (Lipinski definition) is 2. The Morgan fingerprint density at radius 2 is 1.71 bits per heavy atom. The predicted octanol–water partition coefficient (Wildman–Crippen LogP) is 2.25. The van der Waals surface area contributed by atoms with E-state index >= 15 is 0 Å². The topological polar surface area (TPSA) is 72.9 Å². The van der Waals surface area contributed by atoms with Gasteiger partial charge in [0, 0.05) is 18.3 Å². The third-order valence-corrected chi connectivity index (χ3v) is 3.80. The maximum Gasteiger partial charge on any atom is 0.239 e. The van der Waals surface area contributed by atoms with Crippen LogP contribution in [0.25, 0.3) is 0 Å². The number of carbonyl (C=O) groups is 1. The molecular weight excluding hydrogens is 300 g/mol. The van der Waals surface area contributed by atoms with Crippen LogP contribution in [-0.2, 0) is 17.9 Å². The average Bonchev–Trinajstić information content (AvgIpc) is 3.04. The Balaban J connectivity index is 1.63. The van der Waals surface area contributed by atoms with E-state index in [-0.39, 0.29) is 0 Å². The Hall–Kier alpha value is -2.92. The zero-order valence-corrected chi connectivity index (χ0v) is 13.3. The Kier molecular flexibility index (Phi) is 5.03. The highest BCUT2D eigenvalue weighted by atomic mass is 16.1. The molecule has 0 saturated heterocycles. The van der Waals surface area contributed by atoms with E-state index in [4.69, 9.17) is 5.73 Å². The van der Waals surface area contributed by atoms with Gasteiger partial charge in [-0.3, -0.25) is 14.8 Å². The molecule has 0 radical (unpaired) electrons. The molecule has 0 aliphatic rings. The SMILES string of the molecule is NC(=O)[C@@H](NCc1cnn(Cc2ccccc2)c1)c1ccccc1. The lowest BCUT2D eigenvalue weighted by atomic mass is 10.1. The normalized spacial score (nSPS) is 12.0. The van der Waals surface area contributed by atoms with Crippen LogP contribution < -0.4 is 11.1 Å². The summed E-state index contributed by atoms with van der Waals surface area (Å²) in [7, 11) is 0. The van der Waals surface area contributed by atoms with Crippen LogP contribution in [0.4, 0.5) is 0 Å². The lowest BCUT2D eigenvalue weighted by Crippen LogP contribution is -2.33. The number of primary amides is 1. The van der Waals surface area contributed by atoms with Crippen molar-refractivity contribution in [2.24, 2.45) is 5.73 Å². The van der Waals surface area contributed by atoms with Crippen LogP contribution in [-0.4, -0.2) is 15.7 Å². The van der Waals surface area contributed by atoms with Gasteiger partial charge in [0.1, 0.15) is 6.04 Å². The van der Waals surface area contributed by atoms with Gasteiger partial charge in [0.2, 0.25) is 5.91 Å². The molecule has 5 nitrogen and oxygen atoms in total. The minimum absolute atomic E-state index is 0.391. The molecular formula is C19H20N4O. The molecule has 3 rings (SSSR count). The highest BCUT2D eigenvalue weighted by Gasteiger charge is 2.16. The third-order valence-electron chi connectivity index (χ3n) is 3.80. The first-order valence-corrected chi connectivity index (χ1v) is 7.85. The van der Waals surface area contributed by atoms with E-state index in [0.717, 1.165) is 17.7 Å². The number of hydrogen-bond acceptors (Lipinski definition) is 3. The number of nitrogens with zero attached hydrogens (tertiary/aromatic N) is 2. The summed E-state index contributed by atoms with van der Waals surface area (Å²) in [5.74, 6) is -0.391. The second kappa shape index (κ2) is 7.57. The summed E-state index contributed by atoms with van der Waals surface area (Å²) in [6.45, 7) is 1.25. The zero-order chi connectivity index (χ0) is 16.8. The van der Waals surface area contributed by atoms with Crippen molar-refractivity contribution < 1.29 is 4.79 Å². The van der Waals surface area contributed by atoms with Gasteiger partial charge in [0.05, 0.1) is 12.7 Å². The third kappa shape index (κ3) is 4.08. The molecule has 0 bridgehead atoms. The van der Waals surface area contributed by atoms with Crippen LogP contribution in [0.1, 0.15) is 22.7 Å². The number of rotatable bonds is 7. The lowest BCUT2D eigenvalue weighted by Gasteiger charge is -2.15. The van der Waals surface area contributed by atoms with Crippen LogP contribution in [0.5, 0.6) is 0 Å². The van der Waals surface area contributed by atoms with Crippen molar-refractivity contribution in [1.29, 1.82) is 0 Å². The summed E-state index contributed by atoms with van der Waals surface area (Å²) < 4.78 is 1.88. The number of benzene rings is 2. The monoisotopic (exact) mass is 320 g/mol. The molecule has 0 spiro atoms. The van der Waals surface area contributed by atoms with Crippen molar-refractivity contribution in [3.63, 3.8) is 0 Å². The van der Waals surface area contributed by atoms with Gasteiger partial charge in [-0.2, -0.15) is 5.10 Å². The van der Waals surface area contributed by atoms with Gasteiger partial charge in [-0.05, 0) is 11.1 Å². The number of carbonyl (C=O) groups excluding carboxylic acids is 1. The summed E-state index contributed by atoms with van der Waals surface area (Å²) in [4.78, 5) is 11.7. The van der Waals surface area contributed by atoms with E-state index < -0.39 is 11.9 Å². The van der Waals surface area contributed by atoms with Gasteiger partial charge in [-0.25, -0.2) is 0 Å². The molecule has 0 aliphatic carbocycles. The van der Waals surface area contributed by atoms with Gasteiger partial charge in [-0.15, -0.1) is 0 Å². The maximum absolute atomic E-state index is 11.7. The molecule has 1 heterocycles. The number of aromatic nitrogens is 2. The largest absolute Gasteiger partial charge is 0.368 e. The summed E-state index contributed by atoms with van der Waals surface area (Å²) >= 11 is 0. The molecule has 24 heavy (non-hydrogen) atoms. The van der Waals surface area contributed by atoms with Crippen molar-refractivity contribution in [3.05, 3.63) is 89.7 Å². The van der Waals surface area contributed by atoms with E-state index in [1.165, 1.54) is 5.56 Å². The molecule has 3 aromatic rings. The Bertz CT molecular complexity index is 783. The maximum atomic E-state index is 11.7. The molecule has 122 valence electrons. The van der Waals surface area contributed by atoms with Crippen LogP contribution in [0, 0.1) is 0 Å². The van der Waals surface area contributed by atoms with Gasteiger partial charge in [0.25, 0.3) is 0 Å². The molecule has 1 amide bonds. The minimum Gasteiger partial charge on any atom is -0.368 e. The van der Waals surface area contributed by atoms with Crippen LogP contribution in [0.3, 0.4) is 0 Å². The number of nitrogens with one attached hydrogen (secondary N) is 1. The Morgan fingerprint density at radius 3 is 2.38 bits per heavy atom. The van der Waals surface area contributed by atoms with E-state index in [9.17, 15) is 4.79 Å². The van der Waals surface area contributed by atoms with Crippen LogP contribution in [0.15, 0.2) is 73.1 Å². The van der Waals surface area contributed by atoms with Gasteiger partial charge in [-0.1, -0.05) is 60.7 Å². The van der Waals surface area contributed by atoms with Gasteiger partial charge < -0.3 is 5.73 Å². The molecule has 1 atom stereocenters. The molecule has 0 fully saturated rings. The minimum atomic E-state index is -0.510. The van der Waals surface area contributed by atoms with Crippen molar-refractivity contribution in [3.8, 4) is 0 Å². The first-order chi connectivity index (χ1) is 11.7. The summed E-state index contributed by atoms with van der Waals surface area (Å²) in [5.41, 5.74) is 8.58. The first kappa shape index (κ1) is 16.0. The first-order valence-electron chi connectivity index (χ1n) is 7.85. The molecule has 1 aromatic heterocycles. The van der Waals surface area contributed by atoms with Gasteiger partial charge in [0.15, 0.2) is 0 Å². The smallest absolute Gasteiger partial charge is 0.239 e. The predicted molar refractivity (Wildman–Crippen MR) is 93.0 cm³/mol. The second-order valence-corrected chi connectivity index (χ2v) is 5.66. The molecule has 0 saturated carbocycles. The fourth-order valence-corrected chi connectivity index (χ4v) is 2.60. The summed E-state index contributed by atoms with van der Waals surface area (Å²) in [6, 6.07) is 19.1. The average molecular weight is 320 g/mol. The molecule has 0 aliphatic heterocycles.